The molecule has 0 heterocycles. The summed E-state index contributed by atoms with van der Waals surface area (Å²) in [6, 6.07) is -1.75. The zero-order chi connectivity index (χ0) is 16.2. The number of carbonyl (C=O) groups excluding carboxylic acids is 2. The fourth-order valence-electron chi connectivity index (χ4n) is 0.254. The number of guanidine groups is 2. The van der Waals surface area contributed by atoms with Gasteiger partial charge in [0.25, 0.3) is 0 Å². The highest BCUT2D eigenvalue weighted by Crippen LogP contribution is 1.61. The van der Waals surface area contributed by atoms with Crippen molar-refractivity contribution in [1.82, 2.24) is 0 Å². The molecule has 0 spiro atoms. The second kappa shape index (κ2) is 12.8. The van der Waals surface area contributed by atoms with Gasteiger partial charge < -0.3 is 39.9 Å². The summed E-state index contributed by atoms with van der Waals surface area (Å²) in [7, 11) is -4.67. The zero-order valence-electron chi connectivity index (χ0n) is 9.79. The molecule has 0 aromatic rings. The van der Waals surface area contributed by atoms with E-state index in [0.717, 1.165) is 0 Å². The minimum atomic E-state index is -4.67. The first kappa shape index (κ1) is 26.0. The van der Waals surface area contributed by atoms with E-state index in [4.69, 9.17) is 40.5 Å². The van der Waals surface area contributed by atoms with Gasteiger partial charge in [0.15, 0.2) is 11.9 Å². The number of nitrogens with zero attached hydrogens (tertiary/aromatic N) is 2. The second-order valence-corrected chi connectivity index (χ2v) is 3.09. The van der Waals surface area contributed by atoms with Crippen molar-refractivity contribution in [2.75, 3.05) is 0 Å². The smallest absolute Gasteiger partial charge is 0.394 e. The first-order valence-corrected chi connectivity index (χ1v) is 5.13. The van der Waals surface area contributed by atoms with E-state index in [0.29, 0.717) is 0 Å². The number of urea groups is 2. The highest BCUT2D eigenvalue weighted by atomic mass is 32.3. The first-order chi connectivity index (χ1) is 8.25. The molecular weight excluding hydrogens is 304 g/mol. The number of carbonyl (C=O) groups is 2. The van der Waals surface area contributed by atoms with E-state index in [9.17, 15) is 9.59 Å². The number of primary amides is 2. The molecule has 0 aliphatic heterocycles. The van der Waals surface area contributed by atoms with Crippen molar-refractivity contribution in [2.24, 2.45) is 44.4 Å². The lowest BCUT2D eigenvalue weighted by Crippen LogP contribution is -2.25. The lowest BCUT2D eigenvalue weighted by atomic mass is 11.0. The molecule has 0 bridgehead atoms. The van der Waals surface area contributed by atoms with Gasteiger partial charge in [0.05, 0.1) is 0 Å². The predicted octanol–water partition coefficient (Wildman–Crippen LogP) is -4.80. The van der Waals surface area contributed by atoms with Crippen LogP contribution in [0.1, 0.15) is 0 Å². The van der Waals surface area contributed by atoms with Crippen molar-refractivity contribution in [3.63, 3.8) is 0 Å². The Labute approximate surface area is 112 Å². The van der Waals surface area contributed by atoms with Crippen LogP contribution in [0.4, 0.5) is 9.59 Å². The van der Waals surface area contributed by atoms with E-state index in [2.05, 4.69) is 21.5 Å². The average molecular weight is 320 g/mol. The molecule has 20 heavy (non-hydrogen) atoms. The maximum absolute atomic E-state index is 9.68. The molecule has 0 aliphatic carbocycles. The largest absolute Gasteiger partial charge is 0.412 e. The normalized spacial score (nSPS) is 8.10. The zero-order valence-corrected chi connectivity index (χ0v) is 10.6. The highest BCUT2D eigenvalue weighted by molar-refractivity contribution is 7.79. The van der Waals surface area contributed by atoms with Gasteiger partial charge in [-0.1, -0.05) is 0 Å². The van der Waals surface area contributed by atoms with Crippen LogP contribution in [0.3, 0.4) is 0 Å². The van der Waals surface area contributed by atoms with E-state index in [1.807, 2.05) is 0 Å². The number of amides is 4. The van der Waals surface area contributed by atoms with Crippen LogP contribution in [0.15, 0.2) is 9.98 Å². The van der Waals surface area contributed by atoms with Crippen LogP contribution in [0.25, 0.3) is 0 Å². The molecule has 15 nitrogen and oxygen atoms in total. The Balaban J connectivity index is -0.0000000952. The Morgan fingerprint density at radius 2 is 0.900 bits per heavy atom. The van der Waals surface area contributed by atoms with Gasteiger partial charge in [-0.05, 0) is 0 Å². The van der Waals surface area contributed by atoms with Gasteiger partial charge in [0.1, 0.15) is 0 Å². The van der Waals surface area contributed by atoms with Gasteiger partial charge in [-0.25, -0.2) is 9.59 Å². The van der Waals surface area contributed by atoms with Crippen LogP contribution in [0.5, 0.6) is 0 Å². The molecule has 0 radical (unpaired) electrons. The number of hydrogen-bond acceptors (Lipinski definition) is 4. The molecule has 0 fully saturated rings. The molecule has 0 aromatic heterocycles. The van der Waals surface area contributed by atoms with Crippen molar-refractivity contribution in [3.05, 3.63) is 0 Å². The SMILES string of the molecule is NC(=O)N=C(N)N.NC(=O)N=C(N)N.O.O=S(=O)(O)O. The molecule has 0 atom stereocenters. The predicted molar refractivity (Wildman–Crippen MR) is 68.6 cm³/mol. The number of hydrogen-bond donors (Lipinski definition) is 8. The summed E-state index contributed by atoms with van der Waals surface area (Å²) in [4.78, 5) is 25.1. The molecule has 0 aromatic carbocycles. The van der Waals surface area contributed by atoms with Crippen molar-refractivity contribution >= 4 is 34.4 Å². The Kier molecular flexibility index (Phi) is 16.6. The maximum Gasteiger partial charge on any atom is 0.394 e. The van der Waals surface area contributed by atoms with Crippen LogP contribution in [0, 0.1) is 0 Å². The quantitative estimate of drug-likeness (QED) is 0.119. The van der Waals surface area contributed by atoms with Gasteiger partial charge in [-0.15, -0.1) is 0 Å². The Hall–Kier alpha value is -2.69. The molecule has 0 rings (SSSR count). The van der Waals surface area contributed by atoms with Gasteiger partial charge in [0.2, 0.25) is 0 Å². The highest BCUT2D eigenvalue weighted by Gasteiger charge is 1.85. The molecule has 0 unspecified atom stereocenters. The molecular formula is C4H16N8O7S. The van der Waals surface area contributed by atoms with E-state index in [-0.39, 0.29) is 17.4 Å². The van der Waals surface area contributed by atoms with Gasteiger partial charge in [0, 0.05) is 0 Å². The van der Waals surface area contributed by atoms with Crippen LogP contribution < -0.4 is 34.4 Å². The maximum atomic E-state index is 9.68. The molecule has 120 valence electrons. The number of aliphatic imine (C=N–C) groups is 2. The molecule has 0 saturated carbocycles. The van der Waals surface area contributed by atoms with Gasteiger partial charge in [-0.3, -0.25) is 9.11 Å². The van der Waals surface area contributed by atoms with Crippen molar-refractivity contribution in [1.29, 1.82) is 0 Å². The molecule has 16 N–H and O–H groups in total. The minimum Gasteiger partial charge on any atom is -0.412 e. The van der Waals surface area contributed by atoms with E-state index in [1.54, 1.807) is 0 Å². The van der Waals surface area contributed by atoms with Crippen LogP contribution >= 0.6 is 0 Å². The molecule has 0 saturated heterocycles. The summed E-state index contributed by atoms with van der Waals surface area (Å²) in [5.41, 5.74) is 27.9. The summed E-state index contributed by atoms with van der Waals surface area (Å²) in [5, 5.41) is 0. The lowest BCUT2D eigenvalue weighted by molar-refractivity contribution is 0.256. The van der Waals surface area contributed by atoms with Gasteiger partial charge >= 0.3 is 22.5 Å². The van der Waals surface area contributed by atoms with Crippen LogP contribution in [-0.2, 0) is 10.4 Å². The van der Waals surface area contributed by atoms with Crippen molar-refractivity contribution in [3.8, 4) is 0 Å². The van der Waals surface area contributed by atoms with E-state index < -0.39 is 22.5 Å². The van der Waals surface area contributed by atoms with Gasteiger partial charge in [-0.2, -0.15) is 18.4 Å². The Morgan fingerprint density at radius 1 is 0.750 bits per heavy atom. The number of nitrogens with two attached hydrogens (primary N) is 6. The minimum absolute atomic E-state index is 0. The standard InChI is InChI=1S/2C2H6N4O.H2O4S.H2O/c2*3-1(4)6-2(5)7;1-5(2,3)4;/h2*(H6,3,4,5,6,7);(H2,1,2,3,4);1H2. The van der Waals surface area contributed by atoms with E-state index >= 15 is 0 Å². The second-order valence-electron chi connectivity index (χ2n) is 2.20. The average Bonchev–Trinajstić information content (AvgIpc) is 1.93. The fourth-order valence-corrected chi connectivity index (χ4v) is 0.254. The summed E-state index contributed by atoms with van der Waals surface area (Å²) in [6.45, 7) is 0. The van der Waals surface area contributed by atoms with Crippen LogP contribution in [-0.4, -0.2) is 47.0 Å². The monoisotopic (exact) mass is 320 g/mol. The molecule has 16 heteroatoms. The Bertz CT molecular complexity index is 411. The first-order valence-electron chi connectivity index (χ1n) is 3.73. The lowest BCUT2D eigenvalue weighted by Gasteiger charge is -1.82. The number of rotatable bonds is 0. The van der Waals surface area contributed by atoms with Crippen molar-refractivity contribution < 1.29 is 32.6 Å². The summed E-state index contributed by atoms with van der Waals surface area (Å²) < 4.78 is 31.6. The fraction of sp³-hybridized carbons (Fsp3) is 0. The summed E-state index contributed by atoms with van der Waals surface area (Å²) in [6.07, 6.45) is 0. The third-order valence-corrected chi connectivity index (χ3v) is 0.479. The third kappa shape index (κ3) is 111. The topological polar surface area (TPSA) is 321 Å². The van der Waals surface area contributed by atoms with Crippen LogP contribution in [0.2, 0.25) is 0 Å². The molecule has 4 amide bonds. The van der Waals surface area contributed by atoms with E-state index in [1.165, 1.54) is 0 Å². The summed E-state index contributed by atoms with van der Waals surface area (Å²) in [5.74, 6) is -0.625. The Morgan fingerprint density at radius 3 is 0.900 bits per heavy atom. The van der Waals surface area contributed by atoms with Crippen molar-refractivity contribution in [2.45, 2.75) is 0 Å². The summed E-state index contributed by atoms with van der Waals surface area (Å²) >= 11 is 0. The third-order valence-electron chi connectivity index (χ3n) is 0.479. The molecule has 0 aliphatic rings.